The van der Waals surface area contributed by atoms with E-state index in [2.05, 4.69) is 5.32 Å². The standard InChI is InChI=1S/C17H16F2N2O/c1-11-5-6-12-9-14(19)7-8-16(12)21(11)17(22)20-15-4-2-3-13(18)10-15/h2-4,7-11H,5-6H2,1H3,(H,20,22). The maximum Gasteiger partial charge on any atom is 0.326 e. The average Bonchev–Trinajstić information content (AvgIpc) is 2.47. The van der Waals surface area contributed by atoms with Crippen LogP contribution in [0.5, 0.6) is 0 Å². The number of nitrogens with zero attached hydrogens (tertiary/aromatic N) is 1. The third-order valence-electron chi connectivity index (χ3n) is 3.87. The number of urea groups is 1. The van der Waals surface area contributed by atoms with Crippen LogP contribution in [0, 0.1) is 11.6 Å². The summed E-state index contributed by atoms with van der Waals surface area (Å²) in [5.41, 5.74) is 1.91. The van der Waals surface area contributed by atoms with E-state index in [0.29, 0.717) is 11.4 Å². The van der Waals surface area contributed by atoms with Gasteiger partial charge in [-0.3, -0.25) is 4.90 Å². The number of fused-ring (bicyclic) bond motifs is 1. The van der Waals surface area contributed by atoms with Crippen molar-refractivity contribution < 1.29 is 13.6 Å². The summed E-state index contributed by atoms with van der Waals surface area (Å²) in [5, 5.41) is 2.69. The third kappa shape index (κ3) is 2.79. The molecule has 5 heteroatoms. The Bertz CT molecular complexity index is 718. The lowest BCUT2D eigenvalue weighted by atomic mass is 9.97. The van der Waals surface area contributed by atoms with Gasteiger partial charge in [0.1, 0.15) is 11.6 Å². The average molecular weight is 302 g/mol. The maximum absolute atomic E-state index is 13.4. The molecule has 2 amide bonds. The smallest absolute Gasteiger partial charge is 0.307 e. The lowest BCUT2D eigenvalue weighted by Gasteiger charge is -2.35. The Hall–Kier alpha value is -2.43. The fourth-order valence-corrected chi connectivity index (χ4v) is 2.78. The molecular weight excluding hydrogens is 286 g/mol. The van der Waals surface area contributed by atoms with Gasteiger partial charge in [0, 0.05) is 17.4 Å². The molecule has 0 saturated heterocycles. The summed E-state index contributed by atoms with van der Waals surface area (Å²) in [7, 11) is 0. The summed E-state index contributed by atoms with van der Waals surface area (Å²) in [6.45, 7) is 1.94. The van der Waals surface area contributed by atoms with Gasteiger partial charge in [-0.2, -0.15) is 0 Å². The van der Waals surface area contributed by atoms with Gasteiger partial charge in [-0.1, -0.05) is 6.07 Å². The van der Waals surface area contributed by atoms with Crippen molar-refractivity contribution in [3.8, 4) is 0 Å². The van der Waals surface area contributed by atoms with E-state index in [0.717, 1.165) is 18.4 Å². The molecule has 1 heterocycles. The second-order valence-corrected chi connectivity index (χ2v) is 5.47. The van der Waals surface area contributed by atoms with E-state index in [1.807, 2.05) is 6.92 Å². The molecule has 22 heavy (non-hydrogen) atoms. The van der Waals surface area contributed by atoms with Gasteiger partial charge in [0.2, 0.25) is 0 Å². The molecule has 1 atom stereocenters. The van der Waals surface area contributed by atoms with Crippen LogP contribution in [0.25, 0.3) is 0 Å². The van der Waals surface area contributed by atoms with E-state index in [9.17, 15) is 13.6 Å². The molecule has 0 fully saturated rings. The predicted molar refractivity (Wildman–Crippen MR) is 82.1 cm³/mol. The van der Waals surface area contributed by atoms with Crippen LogP contribution in [0.3, 0.4) is 0 Å². The Balaban J connectivity index is 1.89. The first-order valence-corrected chi connectivity index (χ1v) is 7.19. The lowest BCUT2D eigenvalue weighted by molar-refractivity contribution is 0.254. The van der Waals surface area contributed by atoms with Crippen molar-refractivity contribution in [1.29, 1.82) is 0 Å². The van der Waals surface area contributed by atoms with Crippen LogP contribution in [0.15, 0.2) is 42.5 Å². The second-order valence-electron chi connectivity index (χ2n) is 5.47. The Morgan fingerprint density at radius 3 is 2.73 bits per heavy atom. The number of hydrogen-bond donors (Lipinski definition) is 1. The van der Waals surface area contributed by atoms with Crippen molar-refractivity contribution in [2.45, 2.75) is 25.8 Å². The molecule has 3 rings (SSSR count). The third-order valence-corrected chi connectivity index (χ3v) is 3.87. The van der Waals surface area contributed by atoms with Crippen LogP contribution in [0.2, 0.25) is 0 Å². The number of aryl methyl sites for hydroxylation is 1. The fraction of sp³-hybridized carbons (Fsp3) is 0.235. The maximum atomic E-state index is 13.4. The Kier molecular flexibility index (Phi) is 3.79. The molecule has 1 N–H and O–H groups in total. The minimum Gasteiger partial charge on any atom is -0.307 e. The molecule has 0 bridgehead atoms. The number of carbonyl (C=O) groups is 1. The van der Waals surface area contributed by atoms with E-state index in [1.54, 1.807) is 17.0 Å². The van der Waals surface area contributed by atoms with Crippen LogP contribution in [-0.2, 0) is 6.42 Å². The van der Waals surface area contributed by atoms with Crippen LogP contribution in [-0.4, -0.2) is 12.1 Å². The molecule has 1 aliphatic heterocycles. The van der Waals surface area contributed by atoms with E-state index in [1.165, 1.54) is 30.3 Å². The summed E-state index contributed by atoms with van der Waals surface area (Å²) in [6.07, 6.45) is 1.49. The predicted octanol–water partition coefficient (Wildman–Crippen LogP) is 4.34. The number of amides is 2. The van der Waals surface area contributed by atoms with Crippen molar-refractivity contribution in [3.05, 3.63) is 59.7 Å². The minimum atomic E-state index is -0.410. The highest BCUT2D eigenvalue weighted by atomic mass is 19.1. The van der Waals surface area contributed by atoms with E-state index in [-0.39, 0.29) is 17.9 Å². The van der Waals surface area contributed by atoms with Crippen molar-refractivity contribution in [2.75, 3.05) is 10.2 Å². The van der Waals surface area contributed by atoms with Crippen LogP contribution < -0.4 is 10.2 Å². The normalized spacial score (nSPS) is 17.0. The van der Waals surface area contributed by atoms with Gasteiger partial charge in [-0.15, -0.1) is 0 Å². The number of rotatable bonds is 1. The van der Waals surface area contributed by atoms with E-state index >= 15 is 0 Å². The molecule has 0 radical (unpaired) electrons. The van der Waals surface area contributed by atoms with Gasteiger partial charge in [0.25, 0.3) is 0 Å². The molecule has 114 valence electrons. The van der Waals surface area contributed by atoms with Gasteiger partial charge >= 0.3 is 6.03 Å². The summed E-state index contributed by atoms with van der Waals surface area (Å²) < 4.78 is 26.6. The number of halogens is 2. The largest absolute Gasteiger partial charge is 0.326 e. The number of carbonyl (C=O) groups excluding carboxylic acids is 1. The zero-order chi connectivity index (χ0) is 15.7. The summed E-state index contributed by atoms with van der Waals surface area (Å²) in [5.74, 6) is -0.717. The van der Waals surface area contributed by atoms with Gasteiger partial charge in [0.15, 0.2) is 0 Å². The van der Waals surface area contributed by atoms with Crippen LogP contribution in [0.4, 0.5) is 25.0 Å². The van der Waals surface area contributed by atoms with Crippen molar-refractivity contribution >= 4 is 17.4 Å². The highest BCUT2D eigenvalue weighted by Crippen LogP contribution is 2.31. The number of nitrogens with one attached hydrogen (secondary N) is 1. The summed E-state index contributed by atoms with van der Waals surface area (Å²) in [6, 6.07) is 9.82. The Labute approximate surface area is 127 Å². The van der Waals surface area contributed by atoms with Gasteiger partial charge < -0.3 is 5.32 Å². The molecule has 0 aromatic heterocycles. The zero-order valence-electron chi connectivity index (χ0n) is 12.1. The Morgan fingerprint density at radius 1 is 1.18 bits per heavy atom. The number of anilines is 2. The van der Waals surface area contributed by atoms with Gasteiger partial charge in [-0.25, -0.2) is 13.6 Å². The first-order valence-electron chi connectivity index (χ1n) is 7.19. The number of benzene rings is 2. The topological polar surface area (TPSA) is 32.3 Å². The number of hydrogen-bond acceptors (Lipinski definition) is 1. The van der Waals surface area contributed by atoms with Crippen LogP contribution >= 0.6 is 0 Å². The first-order chi connectivity index (χ1) is 10.5. The SMILES string of the molecule is CC1CCc2cc(F)ccc2N1C(=O)Nc1cccc(F)c1. The van der Waals surface area contributed by atoms with Crippen LogP contribution in [0.1, 0.15) is 18.9 Å². The molecule has 2 aromatic rings. The van der Waals surface area contributed by atoms with Crippen molar-refractivity contribution in [1.82, 2.24) is 0 Å². The molecule has 0 spiro atoms. The summed E-state index contributed by atoms with van der Waals surface area (Å²) >= 11 is 0. The lowest BCUT2D eigenvalue weighted by Crippen LogP contribution is -2.44. The van der Waals surface area contributed by atoms with E-state index in [4.69, 9.17) is 0 Å². The highest BCUT2D eigenvalue weighted by molar-refractivity contribution is 6.02. The summed E-state index contributed by atoms with van der Waals surface area (Å²) in [4.78, 5) is 14.1. The van der Waals surface area contributed by atoms with Gasteiger partial charge in [0.05, 0.1) is 0 Å². The molecule has 2 aromatic carbocycles. The Morgan fingerprint density at radius 2 is 1.95 bits per heavy atom. The molecular formula is C17H16F2N2O. The fourth-order valence-electron chi connectivity index (χ4n) is 2.78. The minimum absolute atomic E-state index is 0.00785. The molecule has 3 nitrogen and oxygen atoms in total. The quantitative estimate of drug-likeness (QED) is 0.835. The second kappa shape index (κ2) is 5.75. The molecule has 0 aliphatic carbocycles. The first kappa shape index (κ1) is 14.5. The molecule has 0 saturated carbocycles. The van der Waals surface area contributed by atoms with E-state index < -0.39 is 5.82 Å². The van der Waals surface area contributed by atoms with Crippen molar-refractivity contribution in [3.63, 3.8) is 0 Å². The highest BCUT2D eigenvalue weighted by Gasteiger charge is 2.28. The zero-order valence-corrected chi connectivity index (χ0v) is 12.1. The van der Waals surface area contributed by atoms with Crippen molar-refractivity contribution in [2.24, 2.45) is 0 Å². The molecule has 1 unspecified atom stereocenters. The molecule has 1 aliphatic rings. The monoisotopic (exact) mass is 302 g/mol. The van der Waals surface area contributed by atoms with Gasteiger partial charge in [-0.05, 0) is 61.7 Å².